The number of ether oxygens (including phenoxy) is 1. The Morgan fingerprint density at radius 2 is 1.68 bits per heavy atom. The molecule has 1 atom stereocenters. The first-order chi connectivity index (χ1) is 15.1. The van der Waals surface area contributed by atoms with E-state index in [1.807, 2.05) is 6.92 Å². The first kappa shape index (κ1) is 23.2. The van der Waals surface area contributed by atoms with Crippen LogP contribution in [0.4, 0.5) is 8.78 Å². The summed E-state index contributed by atoms with van der Waals surface area (Å²) >= 11 is 0. The van der Waals surface area contributed by atoms with Gasteiger partial charge < -0.3 is 4.74 Å². The molecular weight excluding hydrogens is 390 g/mol. The Labute approximate surface area is 185 Å². The molecule has 0 aromatic heterocycles. The number of rotatable bonds is 10. The standard InChI is InChI=1S/C28H34F2O/c1-3-7-21-10-12-22(13-11-21)8-5-6-9-23-14-16-24(17-15-23)25-18-19-26(31-20-4-2)28(30)27(25)29/h6,9-13,16,18-19,23H,3-5,7-8,14-15,17,20H2,1-2H3. The quantitative estimate of drug-likeness (QED) is 0.350. The third kappa shape index (κ3) is 6.53. The van der Waals surface area contributed by atoms with Crippen LogP contribution in [0.5, 0.6) is 5.75 Å². The van der Waals surface area contributed by atoms with E-state index in [2.05, 4.69) is 49.4 Å². The molecule has 0 N–H and O–H groups in total. The Kier molecular flexibility index (Phi) is 8.87. The third-order valence-electron chi connectivity index (χ3n) is 5.88. The van der Waals surface area contributed by atoms with Crippen molar-refractivity contribution in [2.45, 2.75) is 65.2 Å². The number of hydrogen-bond donors (Lipinski definition) is 0. The molecule has 1 aliphatic rings. The van der Waals surface area contributed by atoms with Gasteiger partial charge in [-0.3, -0.25) is 0 Å². The lowest BCUT2D eigenvalue weighted by Crippen LogP contribution is -2.06. The molecule has 0 fully saturated rings. The number of aryl methyl sites for hydroxylation is 2. The zero-order valence-corrected chi connectivity index (χ0v) is 18.8. The minimum absolute atomic E-state index is 0.000299. The maximum Gasteiger partial charge on any atom is 0.201 e. The van der Waals surface area contributed by atoms with E-state index >= 15 is 0 Å². The summed E-state index contributed by atoms with van der Waals surface area (Å²) in [6.07, 6.45) is 14.4. The van der Waals surface area contributed by atoms with Gasteiger partial charge in [0.1, 0.15) is 0 Å². The second-order valence-electron chi connectivity index (χ2n) is 8.38. The van der Waals surface area contributed by atoms with Crippen LogP contribution < -0.4 is 4.74 Å². The second-order valence-corrected chi connectivity index (χ2v) is 8.38. The average molecular weight is 425 g/mol. The van der Waals surface area contributed by atoms with Crippen LogP contribution in [0.15, 0.2) is 54.6 Å². The van der Waals surface area contributed by atoms with Gasteiger partial charge in [-0.2, -0.15) is 4.39 Å². The first-order valence-corrected chi connectivity index (χ1v) is 11.7. The van der Waals surface area contributed by atoms with Crippen LogP contribution in [0.3, 0.4) is 0 Å². The fourth-order valence-corrected chi connectivity index (χ4v) is 4.08. The summed E-state index contributed by atoms with van der Waals surface area (Å²) in [5, 5.41) is 0. The molecule has 2 aromatic carbocycles. The number of benzene rings is 2. The minimum Gasteiger partial charge on any atom is -0.490 e. The maximum atomic E-state index is 14.5. The molecule has 1 nitrogen and oxygen atoms in total. The van der Waals surface area contributed by atoms with Crippen LogP contribution in [0.25, 0.3) is 5.57 Å². The highest BCUT2D eigenvalue weighted by Gasteiger charge is 2.20. The molecule has 0 amide bonds. The molecule has 0 radical (unpaired) electrons. The van der Waals surface area contributed by atoms with Crippen molar-refractivity contribution in [3.8, 4) is 5.75 Å². The van der Waals surface area contributed by atoms with E-state index < -0.39 is 11.6 Å². The van der Waals surface area contributed by atoms with Crippen molar-refractivity contribution in [2.75, 3.05) is 6.61 Å². The van der Waals surface area contributed by atoms with Crippen LogP contribution >= 0.6 is 0 Å². The number of hydrogen-bond acceptors (Lipinski definition) is 1. The molecule has 0 saturated heterocycles. The van der Waals surface area contributed by atoms with Gasteiger partial charge in [0.25, 0.3) is 0 Å². The normalized spacial score (nSPS) is 16.5. The van der Waals surface area contributed by atoms with Crippen LogP contribution in [-0.4, -0.2) is 6.61 Å². The predicted octanol–water partition coefficient (Wildman–Crippen LogP) is 8.08. The highest BCUT2D eigenvalue weighted by molar-refractivity contribution is 5.67. The van der Waals surface area contributed by atoms with Crippen molar-refractivity contribution in [3.05, 3.63) is 83.0 Å². The van der Waals surface area contributed by atoms with Crippen LogP contribution in [0, 0.1) is 17.6 Å². The van der Waals surface area contributed by atoms with Gasteiger partial charge in [-0.25, -0.2) is 4.39 Å². The van der Waals surface area contributed by atoms with Gasteiger partial charge in [0.05, 0.1) is 6.61 Å². The molecular formula is C28H34F2O. The van der Waals surface area contributed by atoms with Crippen molar-refractivity contribution in [2.24, 2.45) is 5.92 Å². The smallest absolute Gasteiger partial charge is 0.201 e. The molecule has 0 aliphatic heterocycles. The molecule has 0 heterocycles. The first-order valence-electron chi connectivity index (χ1n) is 11.7. The molecule has 3 rings (SSSR count). The van der Waals surface area contributed by atoms with Gasteiger partial charge in [0, 0.05) is 5.56 Å². The summed E-state index contributed by atoms with van der Waals surface area (Å²) in [6, 6.07) is 12.1. The summed E-state index contributed by atoms with van der Waals surface area (Å²) in [5.74, 6) is -1.20. The Balaban J connectivity index is 1.51. The molecule has 166 valence electrons. The Bertz CT molecular complexity index is 896. The highest BCUT2D eigenvalue weighted by atomic mass is 19.2. The SMILES string of the molecule is CCCOc1ccc(C2=CCC(C=CCCc3ccc(CCC)cc3)CC2)c(F)c1F. The molecule has 0 saturated carbocycles. The molecule has 0 spiro atoms. The van der Waals surface area contributed by atoms with Crippen molar-refractivity contribution in [3.63, 3.8) is 0 Å². The highest BCUT2D eigenvalue weighted by Crippen LogP contribution is 2.34. The molecule has 0 bridgehead atoms. The van der Waals surface area contributed by atoms with Gasteiger partial charge in [-0.1, -0.05) is 62.8 Å². The largest absolute Gasteiger partial charge is 0.490 e. The Hall–Kier alpha value is -2.42. The summed E-state index contributed by atoms with van der Waals surface area (Å²) in [7, 11) is 0. The fourth-order valence-electron chi connectivity index (χ4n) is 4.08. The summed E-state index contributed by atoms with van der Waals surface area (Å²) < 4.78 is 34.1. The van der Waals surface area contributed by atoms with Crippen molar-refractivity contribution in [1.82, 2.24) is 0 Å². The topological polar surface area (TPSA) is 9.23 Å². The van der Waals surface area contributed by atoms with Crippen LogP contribution in [0.2, 0.25) is 0 Å². The molecule has 3 heteroatoms. The van der Waals surface area contributed by atoms with Crippen LogP contribution in [0.1, 0.15) is 69.1 Å². The van der Waals surface area contributed by atoms with Gasteiger partial charge in [0.15, 0.2) is 11.6 Å². The van der Waals surface area contributed by atoms with E-state index in [-0.39, 0.29) is 5.75 Å². The average Bonchev–Trinajstić information content (AvgIpc) is 2.79. The molecule has 2 aromatic rings. The summed E-state index contributed by atoms with van der Waals surface area (Å²) in [6.45, 7) is 4.53. The zero-order chi connectivity index (χ0) is 22.1. The lowest BCUT2D eigenvalue weighted by molar-refractivity contribution is 0.295. The van der Waals surface area contributed by atoms with E-state index in [0.717, 1.165) is 50.5 Å². The van der Waals surface area contributed by atoms with E-state index in [0.29, 0.717) is 18.1 Å². The number of allylic oxidation sites excluding steroid dienone is 4. The van der Waals surface area contributed by atoms with Gasteiger partial charge in [-0.15, -0.1) is 0 Å². The lowest BCUT2D eigenvalue weighted by atomic mass is 9.86. The van der Waals surface area contributed by atoms with E-state index in [4.69, 9.17) is 4.74 Å². The van der Waals surface area contributed by atoms with Crippen LogP contribution in [-0.2, 0) is 12.8 Å². The summed E-state index contributed by atoms with van der Waals surface area (Å²) in [5.41, 5.74) is 4.05. The van der Waals surface area contributed by atoms with E-state index in [1.165, 1.54) is 17.5 Å². The van der Waals surface area contributed by atoms with E-state index in [1.54, 1.807) is 12.1 Å². The minimum atomic E-state index is -0.878. The molecule has 1 aliphatic carbocycles. The van der Waals surface area contributed by atoms with E-state index in [9.17, 15) is 8.78 Å². The second kappa shape index (κ2) is 11.8. The van der Waals surface area contributed by atoms with Gasteiger partial charge >= 0.3 is 0 Å². The van der Waals surface area contributed by atoms with Crippen molar-refractivity contribution < 1.29 is 13.5 Å². The summed E-state index contributed by atoms with van der Waals surface area (Å²) in [4.78, 5) is 0. The monoisotopic (exact) mass is 424 g/mol. The van der Waals surface area contributed by atoms with Crippen molar-refractivity contribution in [1.29, 1.82) is 0 Å². The zero-order valence-electron chi connectivity index (χ0n) is 18.8. The third-order valence-corrected chi connectivity index (χ3v) is 5.88. The lowest BCUT2D eigenvalue weighted by Gasteiger charge is -2.20. The predicted molar refractivity (Wildman–Crippen MR) is 125 cm³/mol. The molecule has 31 heavy (non-hydrogen) atoms. The Morgan fingerprint density at radius 3 is 2.32 bits per heavy atom. The maximum absolute atomic E-state index is 14.5. The number of halogens is 2. The van der Waals surface area contributed by atoms with Gasteiger partial charge in [0.2, 0.25) is 5.82 Å². The van der Waals surface area contributed by atoms with Crippen molar-refractivity contribution >= 4 is 5.57 Å². The van der Waals surface area contributed by atoms with Gasteiger partial charge in [-0.05, 0) is 79.7 Å². The Morgan fingerprint density at radius 1 is 0.935 bits per heavy atom. The molecule has 1 unspecified atom stereocenters. The fraction of sp³-hybridized carbons (Fsp3) is 0.429.